The summed E-state index contributed by atoms with van der Waals surface area (Å²) in [6.45, 7) is 4.82. The third-order valence-electron chi connectivity index (χ3n) is 5.81. The number of nitrogen functional groups attached to an aromatic ring is 1. The number of hydrogen-bond donors (Lipinski definition) is 1. The molecule has 2 saturated heterocycles. The van der Waals surface area contributed by atoms with Gasteiger partial charge in [-0.15, -0.1) is 0 Å². The third kappa shape index (κ3) is 4.01. The van der Waals surface area contributed by atoms with Gasteiger partial charge in [-0.05, 0) is 36.4 Å². The molecule has 166 valence electrons. The number of morpholine rings is 1. The standard InChI is InChI=1S/C22H24FN7O2/c23-16-3-1-15(2-4-16)17-5-6-18-19(25-17)20(27-21(24)26-18)28-7-9-29(10-8-28)22(31)30-11-13-32-14-12-30/h1-6H,7-14H2,(H2,24,26,27). The van der Waals surface area contributed by atoms with E-state index in [2.05, 4.69) is 14.9 Å². The zero-order valence-corrected chi connectivity index (χ0v) is 17.6. The van der Waals surface area contributed by atoms with Gasteiger partial charge in [0.05, 0.1) is 24.4 Å². The number of hydrogen-bond acceptors (Lipinski definition) is 7. The highest BCUT2D eigenvalue weighted by Gasteiger charge is 2.28. The van der Waals surface area contributed by atoms with Crippen molar-refractivity contribution in [2.45, 2.75) is 0 Å². The smallest absolute Gasteiger partial charge is 0.320 e. The fraction of sp³-hybridized carbons (Fsp3) is 0.364. The van der Waals surface area contributed by atoms with Crippen molar-refractivity contribution in [3.05, 3.63) is 42.2 Å². The van der Waals surface area contributed by atoms with Crippen LogP contribution in [0, 0.1) is 5.82 Å². The molecule has 0 unspecified atom stereocenters. The number of carbonyl (C=O) groups is 1. The molecule has 5 rings (SSSR count). The van der Waals surface area contributed by atoms with Crippen LogP contribution in [-0.2, 0) is 4.74 Å². The lowest BCUT2D eigenvalue weighted by Crippen LogP contribution is -2.55. The normalized spacial score (nSPS) is 17.1. The molecule has 0 bridgehead atoms. The largest absolute Gasteiger partial charge is 0.378 e. The molecule has 4 heterocycles. The maximum atomic E-state index is 13.3. The number of urea groups is 1. The second kappa shape index (κ2) is 8.54. The zero-order valence-electron chi connectivity index (χ0n) is 17.6. The van der Waals surface area contributed by atoms with Gasteiger partial charge in [0, 0.05) is 44.8 Å². The van der Waals surface area contributed by atoms with Crippen LogP contribution in [0.15, 0.2) is 36.4 Å². The number of benzene rings is 1. The van der Waals surface area contributed by atoms with Crippen molar-refractivity contribution in [2.75, 3.05) is 63.1 Å². The van der Waals surface area contributed by atoms with Crippen LogP contribution in [0.2, 0.25) is 0 Å². The summed E-state index contributed by atoms with van der Waals surface area (Å²) in [6, 6.07) is 9.94. The van der Waals surface area contributed by atoms with E-state index < -0.39 is 0 Å². The minimum absolute atomic E-state index is 0.0525. The summed E-state index contributed by atoms with van der Waals surface area (Å²) < 4.78 is 18.7. The van der Waals surface area contributed by atoms with Crippen molar-refractivity contribution in [3.63, 3.8) is 0 Å². The van der Waals surface area contributed by atoms with Crippen LogP contribution in [0.3, 0.4) is 0 Å². The number of fused-ring (bicyclic) bond motifs is 1. The molecule has 2 aromatic heterocycles. The Labute approximate surface area is 184 Å². The Kier molecular flexibility index (Phi) is 5.44. The first-order chi connectivity index (χ1) is 15.6. The van der Waals surface area contributed by atoms with Crippen molar-refractivity contribution in [1.29, 1.82) is 0 Å². The fourth-order valence-corrected chi connectivity index (χ4v) is 4.08. The second-order valence-corrected chi connectivity index (χ2v) is 7.83. The lowest BCUT2D eigenvalue weighted by Gasteiger charge is -2.39. The zero-order chi connectivity index (χ0) is 22.1. The molecule has 10 heteroatoms. The number of rotatable bonds is 2. The van der Waals surface area contributed by atoms with Crippen molar-refractivity contribution < 1.29 is 13.9 Å². The van der Waals surface area contributed by atoms with Gasteiger partial charge in [0.15, 0.2) is 5.82 Å². The van der Waals surface area contributed by atoms with Crippen LogP contribution in [0.4, 0.5) is 21.0 Å². The molecule has 2 aliphatic heterocycles. The van der Waals surface area contributed by atoms with E-state index in [0.29, 0.717) is 75.0 Å². The monoisotopic (exact) mass is 437 g/mol. The molecular weight excluding hydrogens is 413 g/mol. The highest BCUT2D eigenvalue weighted by atomic mass is 19.1. The molecule has 32 heavy (non-hydrogen) atoms. The Morgan fingerprint density at radius 1 is 0.875 bits per heavy atom. The molecule has 0 radical (unpaired) electrons. The first-order valence-electron chi connectivity index (χ1n) is 10.7. The third-order valence-corrected chi connectivity index (χ3v) is 5.81. The highest BCUT2D eigenvalue weighted by molar-refractivity contribution is 5.88. The number of nitrogens with zero attached hydrogens (tertiary/aromatic N) is 6. The van der Waals surface area contributed by atoms with Crippen LogP contribution in [0.1, 0.15) is 0 Å². The average Bonchev–Trinajstić information content (AvgIpc) is 2.84. The number of aromatic nitrogens is 3. The molecule has 1 aromatic carbocycles. The second-order valence-electron chi connectivity index (χ2n) is 7.83. The Morgan fingerprint density at radius 3 is 2.28 bits per heavy atom. The summed E-state index contributed by atoms with van der Waals surface area (Å²) in [7, 11) is 0. The van der Waals surface area contributed by atoms with E-state index in [0.717, 1.165) is 5.56 Å². The summed E-state index contributed by atoms with van der Waals surface area (Å²) in [5, 5.41) is 0. The summed E-state index contributed by atoms with van der Waals surface area (Å²) in [5.41, 5.74) is 8.75. The molecule has 2 fully saturated rings. The lowest BCUT2D eigenvalue weighted by atomic mass is 10.1. The molecule has 2 N–H and O–H groups in total. The van der Waals surface area contributed by atoms with E-state index in [1.807, 2.05) is 21.9 Å². The molecule has 0 atom stereocenters. The first-order valence-corrected chi connectivity index (χ1v) is 10.7. The van der Waals surface area contributed by atoms with Gasteiger partial charge in [-0.2, -0.15) is 4.98 Å². The molecule has 0 aliphatic carbocycles. The predicted octanol–water partition coefficient (Wildman–Crippen LogP) is 1.99. The van der Waals surface area contributed by atoms with E-state index in [9.17, 15) is 9.18 Å². The number of ether oxygens (including phenoxy) is 1. The Bertz CT molecular complexity index is 1130. The number of piperazine rings is 1. The van der Waals surface area contributed by atoms with Gasteiger partial charge in [-0.25, -0.2) is 19.2 Å². The molecule has 9 nitrogen and oxygen atoms in total. The van der Waals surface area contributed by atoms with Crippen LogP contribution in [0.5, 0.6) is 0 Å². The summed E-state index contributed by atoms with van der Waals surface area (Å²) in [5.74, 6) is 0.529. The Balaban J connectivity index is 1.39. The number of anilines is 2. The van der Waals surface area contributed by atoms with Gasteiger partial charge in [-0.3, -0.25) is 0 Å². The molecule has 2 amide bonds. The molecule has 0 saturated carbocycles. The molecule has 3 aromatic rings. The number of nitrogens with two attached hydrogens (primary N) is 1. The fourth-order valence-electron chi connectivity index (χ4n) is 4.08. The molecular formula is C22H24FN7O2. The number of amides is 2. The number of pyridine rings is 1. The van der Waals surface area contributed by atoms with Crippen molar-refractivity contribution in [2.24, 2.45) is 0 Å². The lowest BCUT2D eigenvalue weighted by molar-refractivity contribution is 0.0428. The van der Waals surface area contributed by atoms with E-state index in [1.165, 1.54) is 12.1 Å². The summed E-state index contributed by atoms with van der Waals surface area (Å²) in [6.07, 6.45) is 0. The molecule has 0 spiro atoms. The van der Waals surface area contributed by atoms with Crippen LogP contribution >= 0.6 is 0 Å². The van der Waals surface area contributed by atoms with Gasteiger partial charge in [0.25, 0.3) is 0 Å². The van der Waals surface area contributed by atoms with Crippen LogP contribution in [0.25, 0.3) is 22.3 Å². The van der Waals surface area contributed by atoms with E-state index in [1.54, 1.807) is 12.1 Å². The topological polar surface area (TPSA) is 101 Å². The summed E-state index contributed by atoms with van der Waals surface area (Å²) in [4.78, 5) is 32.1. The minimum atomic E-state index is -0.296. The van der Waals surface area contributed by atoms with E-state index in [4.69, 9.17) is 15.5 Å². The maximum Gasteiger partial charge on any atom is 0.320 e. The van der Waals surface area contributed by atoms with Crippen molar-refractivity contribution in [1.82, 2.24) is 24.8 Å². The van der Waals surface area contributed by atoms with Gasteiger partial charge in [0.2, 0.25) is 5.95 Å². The first kappa shape index (κ1) is 20.4. The Hall–Kier alpha value is -3.53. The molecule has 2 aliphatic rings. The van der Waals surface area contributed by atoms with Crippen molar-refractivity contribution >= 4 is 28.8 Å². The predicted molar refractivity (Wildman–Crippen MR) is 119 cm³/mol. The summed E-state index contributed by atoms with van der Waals surface area (Å²) >= 11 is 0. The number of carbonyl (C=O) groups excluding carboxylic acids is 1. The minimum Gasteiger partial charge on any atom is -0.378 e. The Morgan fingerprint density at radius 2 is 1.56 bits per heavy atom. The van der Waals surface area contributed by atoms with Gasteiger partial charge < -0.3 is 25.2 Å². The van der Waals surface area contributed by atoms with Crippen LogP contribution < -0.4 is 10.6 Å². The highest BCUT2D eigenvalue weighted by Crippen LogP contribution is 2.27. The van der Waals surface area contributed by atoms with Gasteiger partial charge in [-0.1, -0.05) is 0 Å². The van der Waals surface area contributed by atoms with Gasteiger partial charge in [0.1, 0.15) is 11.3 Å². The maximum absolute atomic E-state index is 13.3. The van der Waals surface area contributed by atoms with Crippen molar-refractivity contribution in [3.8, 4) is 11.3 Å². The van der Waals surface area contributed by atoms with Crippen LogP contribution in [-0.4, -0.2) is 83.3 Å². The van der Waals surface area contributed by atoms with E-state index >= 15 is 0 Å². The quantitative estimate of drug-likeness (QED) is 0.654. The number of halogens is 1. The van der Waals surface area contributed by atoms with Gasteiger partial charge >= 0.3 is 6.03 Å². The average molecular weight is 437 g/mol. The van der Waals surface area contributed by atoms with E-state index in [-0.39, 0.29) is 17.8 Å². The SMILES string of the molecule is Nc1nc(N2CCN(C(=O)N3CCOCC3)CC2)c2nc(-c3ccc(F)cc3)ccc2n1.